The number of carbonyl (C=O) groups excluding carboxylic acids is 2. The van der Waals surface area contributed by atoms with E-state index in [2.05, 4.69) is 0 Å². The highest BCUT2D eigenvalue weighted by Gasteiger charge is 2.28. The number of hydrogen-bond acceptors (Lipinski definition) is 4. The van der Waals surface area contributed by atoms with Gasteiger partial charge in [0.05, 0.1) is 11.8 Å². The van der Waals surface area contributed by atoms with Gasteiger partial charge in [0, 0.05) is 5.02 Å². The van der Waals surface area contributed by atoms with Gasteiger partial charge >= 0.3 is 0 Å². The van der Waals surface area contributed by atoms with Crippen molar-refractivity contribution in [1.29, 1.82) is 0 Å². The number of carbonyl (C=O) groups is 2. The third-order valence-corrected chi connectivity index (χ3v) is 3.05. The van der Waals surface area contributed by atoms with Crippen LogP contribution in [0.1, 0.15) is 22.2 Å². The van der Waals surface area contributed by atoms with E-state index in [0.29, 0.717) is 10.8 Å². The number of hydrogen-bond donors (Lipinski definition) is 0. The largest absolute Gasteiger partial charge is 0.476 e. The van der Waals surface area contributed by atoms with E-state index in [9.17, 15) is 9.59 Å². The average molecular weight is 334 g/mol. The molecule has 0 bridgehead atoms. The molecule has 7 heteroatoms. The number of ether oxygens (including phenoxy) is 1. The van der Waals surface area contributed by atoms with Crippen LogP contribution in [0.15, 0.2) is 41.0 Å². The van der Waals surface area contributed by atoms with E-state index in [1.165, 1.54) is 12.3 Å². The second-order valence-corrected chi connectivity index (χ2v) is 4.89. The lowest BCUT2D eigenvalue weighted by Gasteiger charge is -2.14. The Kier molecular flexibility index (Phi) is 4.70. The Morgan fingerprint density at radius 1 is 1.10 bits per heavy atom. The standard InChI is InChI=1S/C13H7Cl3O4/c14-7-1-3-8(4-2-7)20-11(13(16)18)9-5-6-19-10(9)12(15)17/h1-6,11H. The van der Waals surface area contributed by atoms with Gasteiger partial charge in [-0.15, -0.1) is 0 Å². The molecule has 1 unspecified atom stereocenters. The van der Waals surface area contributed by atoms with E-state index in [1.807, 2.05) is 0 Å². The molecule has 0 aliphatic carbocycles. The molecule has 1 aromatic heterocycles. The monoisotopic (exact) mass is 332 g/mol. The smallest absolute Gasteiger partial charge is 0.288 e. The number of halogens is 3. The summed E-state index contributed by atoms with van der Waals surface area (Å²) in [6.07, 6.45) is 0.0255. The lowest BCUT2D eigenvalue weighted by Crippen LogP contribution is -2.16. The van der Waals surface area contributed by atoms with Crippen molar-refractivity contribution >= 4 is 45.3 Å². The highest BCUT2D eigenvalue weighted by atomic mass is 35.5. The molecule has 2 aromatic rings. The molecule has 1 heterocycles. The summed E-state index contributed by atoms with van der Waals surface area (Å²) >= 11 is 16.6. The fraction of sp³-hybridized carbons (Fsp3) is 0.0769. The van der Waals surface area contributed by atoms with E-state index in [1.54, 1.807) is 24.3 Å². The van der Waals surface area contributed by atoms with E-state index < -0.39 is 16.6 Å². The Morgan fingerprint density at radius 3 is 2.30 bits per heavy atom. The topological polar surface area (TPSA) is 56.5 Å². The molecule has 104 valence electrons. The van der Waals surface area contributed by atoms with Crippen molar-refractivity contribution in [3.05, 3.63) is 52.9 Å². The van der Waals surface area contributed by atoms with Crippen molar-refractivity contribution in [2.75, 3.05) is 0 Å². The molecule has 0 saturated heterocycles. The summed E-state index contributed by atoms with van der Waals surface area (Å²) in [6, 6.07) is 7.72. The van der Waals surface area contributed by atoms with E-state index in [-0.39, 0.29) is 11.3 Å². The van der Waals surface area contributed by atoms with Crippen LogP contribution in [0.4, 0.5) is 0 Å². The molecule has 0 aliphatic heterocycles. The molecule has 4 nitrogen and oxygen atoms in total. The van der Waals surface area contributed by atoms with Crippen molar-refractivity contribution < 1.29 is 18.7 Å². The van der Waals surface area contributed by atoms with Gasteiger partial charge in [-0.2, -0.15) is 0 Å². The van der Waals surface area contributed by atoms with E-state index in [0.717, 1.165) is 0 Å². The number of furan rings is 1. The zero-order chi connectivity index (χ0) is 14.7. The Balaban J connectivity index is 2.32. The average Bonchev–Trinajstić information content (AvgIpc) is 2.86. The Morgan fingerprint density at radius 2 is 1.75 bits per heavy atom. The molecule has 2 rings (SSSR count). The molecule has 0 amide bonds. The molecule has 1 atom stereocenters. The van der Waals surface area contributed by atoms with Crippen LogP contribution in [0.25, 0.3) is 0 Å². The molecular weight excluding hydrogens is 326 g/mol. The van der Waals surface area contributed by atoms with Crippen LogP contribution in [-0.2, 0) is 4.79 Å². The fourth-order valence-electron chi connectivity index (χ4n) is 1.57. The minimum Gasteiger partial charge on any atom is -0.476 e. The zero-order valence-corrected chi connectivity index (χ0v) is 12.1. The second-order valence-electron chi connectivity index (χ2n) is 3.73. The second kappa shape index (κ2) is 6.31. The van der Waals surface area contributed by atoms with Gasteiger partial charge in [-0.05, 0) is 53.5 Å². The van der Waals surface area contributed by atoms with Crippen LogP contribution >= 0.6 is 34.8 Å². The van der Waals surface area contributed by atoms with Crippen LogP contribution in [0.3, 0.4) is 0 Å². The van der Waals surface area contributed by atoms with Crippen LogP contribution in [0.5, 0.6) is 5.75 Å². The molecule has 0 aliphatic rings. The summed E-state index contributed by atoms with van der Waals surface area (Å²) in [5.74, 6) is 0.183. The first-order valence-corrected chi connectivity index (χ1v) is 6.51. The maximum Gasteiger partial charge on any atom is 0.288 e. The molecule has 0 radical (unpaired) electrons. The first-order valence-electron chi connectivity index (χ1n) is 5.38. The van der Waals surface area contributed by atoms with E-state index >= 15 is 0 Å². The predicted octanol–water partition coefficient (Wildman–Crippen LogP) is 4.20. The normalized spacial score (nSPS) is 11.9. The molecule has 0 spiro atoms. The Hall–Kier alpha value is -1.49. The quantitative estimate of drug-likeness (QED) is 0.770. The SMILES string of the molecule is O=C(Cl)c1occc1C(Oc1ccc(Cl)cc1)C(=O)Cl. The summed E-state index contributed by atoms with van der Waals surface area (Å²) in [5.41, 5.74) is 0.167. The van der Waals surface area contributed by atoms with Crippen LogP contribution in [0, 0.1) is 0 Å². The van der Waals surface area contributed by atoms with Gasteiger partial charge in [-0.1, -0.05) is 11.6 Å². The summed E-state index contributed by atoms with van der Waals surface area (Å²) in [7, 11) is 0. The van der Waals surface area contributed by atoms with Crippen LogP contribution in [-0.4, -0.2) is 10.5 Å². The summed E-state index contributed by atoms with van der Waals surface area (Å²) in [4.78, 5) is 22.7. The fourth-order valence-corrected chi connectivity index (χ4v) is 2.01. The Bertz CT molecular complexity index is 633. The first kappa shape index (κ1) is 14.9. The maximum absolute atomic E-state index is 11.5. The summed E-state index contributed by atoms with van der Waals surface area (Å²) in [5, 5.41) is -1.13. The summed E-state index contributed by atoms with van der Waals surface area (Å²) < 4.78 is 10.4. The molecule has 0 saturated carbocycles. The number of rotatable bonds is 5. The van der Waals surface area contributed by atoms with Crippen molar-refractivity contribution in [3.63, 3.8) is 0 Å². The van der Waals surface area contributed by atoms with Crippen LogP contribution < -0.4 is 4.74 Å². The molecule has 0 fully saturated rings. The van der Waals surface area contributed by atoms with Gasteiger partial charge in [0.25, 0.3) is 10.5 Å². The molecule has 1 aromatic carbocycles. The lowest BCUT2D eigenvalue weighted by atomic mass is 10.1. The van der Waals surface area contributed by atoms with Crippen molar-refractivity contribution in [2.45, 2.75) is 6.10 Å². The molecule has 0 N–H and O–H groups in total. The first-order chi connectivity index (χ1) is 9.49. The Labute approximate surface area is 129 Å². The predicted molar refractivity (Wildman–Crippen MR) is 74.6 cm³/mol. The van der Waals surface area contributed by atoms with Crippen molar-refractivity contribution in [3.8, 4) is 5.75 Å². The highest BCUT2D eigenvalue weighted by molar-refractivity contribution is 6.68. The number of benzene rings is 1. The van der Waals surface area contributed by atoms with Gasteiger partial charge in [-0.3, -0.25) is 9.59 Å². The third-order valence-electron chi connectivity index (χ3n) is 2.43. The van der Waals surface area contributed by atoms with Gasteiger partial charge in [-0.25, -0.2) is 0 Å². The van der Waals surface area contributed by atoms with Gasteiger partial charge in [0.1, 0.15) is 5.75 Å². The van der Waals surface area contributed by atoms with Gasteiger partial charge in [0.2, 0.25) is 6.10 Å². The highest BCUT2D eigenvalue weighted by Crippen LogP contribution is 2.29. The lowest BCUT2D eigenvalue weighted by molar-refractivity contribution is -0.118. The van der Waals surface area contributed by atoms with Crippen molar-refractivity contribution in [2.24, 2.45) is 0 Å². The minimum atomic E-state index is -1.20. The maximum atomic E-state index is 11.5. The summed E-state index contributed by atoms with van der Waals surface area (Å²) in [6.45, 7) is 0. The van der Waals surface area contributed by atoms with Crippen molar-refractivity contribution in [1.82, 2.24) is 0 Å². The zero-order valence-electron chi connectivity index (χ0n) is 9.81. The van der Waals surface area contributed by atoms with Gasteiger partial charge < -0.3 is 9.15 Å². The third kappa shape index (κ3) is 3.33. The van der Waals surface area contributed by atoms with Gasteiger partial charge in [0.15, 0.2) is 5.76 Å². The molecule has 20 heavy (non-hydrogen) atoms. The molecular formula is C13H7Cl3O4. The van der Waals surface area contributed by atoms with Crippen LogP contribution in [0.2, 0.25) is 5.02 Å². The minimum absolute atomic E-state index is 0.167. The van der Waals surface area contributed by atoms with E-state index in [4.69, 9.17) is 44.0 Å².